The first-order chi connectivity index (χ1) is 7.70. The van der Waals surface area contributed by atoms with Gasteiger partial charge in [-0.3, -0.25) is 0 Å². The lowest BCUT2D eigenvalue weighted by molar-refractivity contribution is 0.841. The molecule has 2 N–H and O–H groups in total. The van der Waals surface area contributed by atoms with Crippen molar-refractivity contribution in [1.29, 1.82) is 0 Å². The highest BCUT2D eigenvalue weighted by Crippen LogP contribution is 2.03. The average molecular weight is 282 g/mol. The topological polar surface area (TPSA) is 86.7 Å². The Balaban J connectivity index is 2.46. The molecule has 7 heteroatoms. The molecule has 6 nitrogen and oxygen atoms in total. The highest BCUT2D eigenvalue weighted by Gasteiger charge is 2.03. The summed E-state index contributed by atoms with van der Waals surface area (Å²) in [7, 11) is 0. The van der Waals surface area contributed by atoms with Crippen molar-refractivity contribution in [3.05, 3.63) is 40.7 Å². The van der Waals surface area contributed by atoms with Crippen molar-refractivity contribution in [2.45, 2.75) is 5.33 Å². The van der Waals surface area contributed by atoms with Crippen molar-refractivity contribution in [2.75, 3.05) is 5.73 Å². The monoisotopic (exact) mass is 281 g/mol. The van der Waals surface area contributed by atoms with Crippen molar-refractivity contribution in [3.63, 3.8) is 0 Å². The maximum atomic E-state index is 11.5. The molecule has 0 unspecified atom stereocenters. The van der Waals surface area contributed by atoms with Gasteiger partial charge in [0.05, 0.1) is 0 Å². The predicted octanol–water partition coefficient (Wildman–Crippen LogP) is 0.500. The number of halogens is 1. The molecule has 0 aliphatic rings. The quantitative estimate of drug-likeness (QED) is 0.810. The van der Waals surface area contributed by atoms with E-state index in [1.165, 1.54) is 16.8 Å². The van der Waals surface area contributed by atoms with Crippen LogP contribution in [0.15, 0.2) is 29.5 Å². The van der Waals surface area contributed by atoms with E-state index in [0.29, 0.717) is 5.33 Å². The molecule has 2 aromatic rings. The second-order valence-electron chi connectivity index (χ2n) is 3.03. The first kappa shape index (κ1) is 10.7. The predicted molar refractivity (Wildman–Crippen MR) is 62.5 cm³/mol. The Morgan fingerprint density at radius 2 is 2.06 bits per heavy atom. The maximum Gasteiger partial charge on any atom is 0.356 e. The van der Waals surface area contributed by atoms with Gasteiger partial charge in [0.2, 0.25) is 5.95 Å². The highest BCUT2D eigenvalue weighted by atomic mass is 79.9. The molecule has 0 spiro atoms. The lowest BCUT2D eigenvalue weighted by atomic mass is 10.4. The Kier molecular flexibility index (Phi) is 2.95. The number of nitrogens with zero attached hydrogens (tertiary/aromatic N) is 4. The van der Waals surface area contributed by atoms with Gasteiger partial charge in [0.25, 0.3) is 0 Å². The standard InChI is InChI=1S/C9H8BrN5O/c10-3-6-4-12-8(13-5-6)15-2-1-7(11)14-9(15)16/h1-2,4-5H,3H2,(H2,11,14,16). The number of anilines is 1. The van der Waals surface area contributed by atoms with Gasteiger partial charge in [-0.25, -0.2) is 19.3 Å². The van der Waals surface area contributed by atoms with Gasteiger partial charge in [-0.1, -0.05) is 15.9 Å². The molecule has 0 aliphatic heterocycles. The second-order valence-corrected chi connectivity index (χ2v) is 3.59. The summed E-state index contributed by atoms with van der Waals surface area (Å²) in [5.74, 6) is 0.459. The molecule has 0 bridgehead atoms. The zero-order valence-electron chi connectivity index (χ0n) is 8.17. The van der Waals surface area contributed by atoms with Crippen LogP contribution in [0.1, 0.15) is 5.56 Å². The van der Waals surface area contributed by atoms with Crippen molar-refractivity contribution in [1.82, 2.24) is 19.5 Å². The summed E-state index contributed by atoms with van der Waals surface area (Å²) < 4.78 is 1.23. The molecular formula is C9H8BrN5O. The van der Waals surface area contributed by atoms with Crippen LogP contribution in [0.2, 0.25) is 0 Å². The van der Waals surface area contributed by atoms with Crippen LogP contribution in [0.5, 0.6) is 0 Å². The number of aromatic nitrogens is 4. The van der Waals surface area contributed by atoms with E-state index < -0.39 is 5.69 Å². The summed E-state index contributed by atoms with van der Waals surface area (Å²) in [5.41, 5.74) is 5.82. The summed E-state index contributed by atoms with van der Waals surface area (Å²) in [4.78, 5) is 23.2. The molecular weight excluding hydrogens is 274 g/mol. The third kappa shape index (κ3) is 2.08. The summed E-state index contributed by atoms with van der Waals surface area (Å²) in [6, 6.07) is 1.52. The number of rotatable bonds is 2. The number of nitrogens with two attached hydrogens (primary N) is 1. The number of hydrogen-bond donors (Lipinski definition) is 1. The minimum Gasteiger partial charge on any atom is -0.383 e. The lowest BCUT2D eigenvalue weighted by Crippen LogP contribution is -2.23. The second kappa shape index (κ2) is 4.40. The molecule has 0 saturated carbocycles. The largest absolute Gasteiger partial charge is 0.383 e. The van der Waals surface area contributed by atoms with E-state index in [2.05, 4.69) is 30.9 Å². The fraction of sp³-hybridized carbons (Fsp3) is 0.111. The molecule has 0 amide bonds. The Morgan fingerprint density at radius 3 is 2.62 bits per heavy atom. The molecule has 0 saturated heterocycles. The average Bonchev–Trinajstić information content (AvgIpc) is 2.29. The summed E-state index contributed by atoms with van der Waals surface area (Å²) in [6.07, 6.45) is 4.77. The fourth-order valence-electron chi connectivity index (χ4n) is 1.11. The van der Waals surface area contributed by atoms with E-state index in [9.17, 15) is 4.79 Å². The summed E-state index contributed by atoms with van der Waals surface area (Å²) in [6.45, 7) is 0. The van der Waals surface area contributed by atoms with Crippen LogP contribution in [0.4, 0.5) is 5.82 Å². The first-order valence-corrected chi connectivity index (χ1v) is 5.55. The molecule has 0 radical (unpaired) electrons. The van der Waals surface area contributed by atoms with Crippen molar-refractivity contribution < 1.29 is 0 Å². The van der Waals surface area contributed by atoms with Crippen LogP contribution >= 0.6 is 15.9 Å². The molecule has 16 heavy (non-hydrogen) atoms. The third-order valence-corrected chi connectivity index (χ3v) is 2.53. The first-order valence-electron chi connectivity index (χ1n) is 4.43. The van der Waals surface area contributed by atoms with Crippen LogP contribution in [0, 0.1) is 0 Å². The van der Waals surface area contributed by atoms with Crippen molar-refractivity contribution in [3.8, 4) is 5.95 Å². The normalized spacial score (nSPS) is 10.3. The van der Waals surface area contributed by atoms with Crippen LogP contribution < -0.4 is 11.4 Å². The highest BCUT2D eigenvalue weighted by molar-refractivity contribution is 9.08. The van der Waals surface area contributed by atoms with E-state index in [0.717, 1.165) is 5.56 Å². The van der Waals surface area contributed by atoms with Gasteiger partial charge in [0, 0.05) is 23.9 Å². The summed E-state index contributed by atoms with van der Waals surface area (Å²) >= 11 is 3.28. The minimum absolute atomic E-state index is 0.179. The van der Waals surface area contributed by atoms with E-state index in [1.54, 1.807) is 12.4 Å². The van der Waals surface area contributed by atoms with Crippen molar-refractivity contribution >= 4 is 21.7 Å². The van der Waals surface area contributed by atoms with Gasteiger partial charge in [-0.2, -0.15) is 4.98 Å². The number of hydrogen-bond acceptors (Lipinski definition) is 5. The third-order valence-electron chi connectivity index (χ3n) is 1.89. The number of nitrogen functional groups attached to an aromatic ring is 1. The van der Waals surface area contributed by atoms with Crippen LogP contribution in [0.25, 0.3) is 5.95 Å². The Morgan fingerprint density at radius 1 is 1.38 bits per heavy atom. The van der Waals surface area contributed by atoms with Crippen molar-refractivity contribution in [2.24, 2.45) is 0 Å². The Labute approximate surface area is 99.3 Å². The number of alkyl halides is 1. The van der Waals surface area contributed by atoms with E-state index in [1.807, 2.05) is 0 Å². The van der Waals surface area contributed by atoms with Gasteiger partial charge in [-0.05, 0) is 11.6 Å². The smallest absolute Gasteiger partial charge is 0.356 e. The van der Waals surface area contributed by atoms with Crippen LogP contribution in [-0.4, -0.2) is 19.5 Å². The van der Waals surface area contributed by atoms with Crippen LogP contribution in [-0.2, 0) is 5.33 Å². The van der Waals surface area contributed by atoms with Gasteiger partial charge in [-0.15, -0.1) is 0 Å². The minimum atomic E-state index is -0.494. The van der Waals surface area contributed by atoms with E-state index >= 15 is 0 Å². The maximum absolute atomic E-state index is 11.5. The molecule has 2 aromatic heterocycles. The Bertz CT molecular complexity index is 551. The summed E-state index contributed by atoms with van der Waals surface area (Å²) in [5, 5.41) is 0.669. The molecule has 0 aliphatic carbocycles. The van der Waals surface area contributed by atoms with Gasteiger partial charge >= 0.3 is 5.69 Å². The van der Waals surface area contributed by atoms with Crippen LogP contribution in [0.3, 0.4) is 0 Å². The van der Waals surface area contributed by atoms with E-state index in [4.69, 9.17) is 5.73 Å². The molecule has 82 valence electrons. The van der Waals surface area contributed by atoms with E-state index in [-0.39, 0.29) is 11.8 Å². The van der Waals surface area contributed by atoms with Gasteiger partial charge < -0.3 is 5.73 Å². The molecule has 0 aromatic carbocycles. The molecule has 2 heterocycles. The van der Waals surface area contributed by atoms with Gasteiger partial charge in [0.15, 0.2) is 0 Å². The zero-order chi connectivity index (χ0) is 11.5. The fourth-order valence-corrected chi connectivity index (χ4v) is 1.40. The Hall–Kier alpha value is -1.76. The molecule has 0 atom stereocenters. The lowest BCUT2D eigenvalue weighted by Gasteiger charge is -2.02. The van der Waals surface area contributed by atoms with Gasteiger partial charge in [0.1, 0.15) is 5.82 Å². The molecule has 2 rings (SSSR count). The molecule has 0 fully saturated rings. The SMILES string of the molecule is Nc1ccn(-c2ncc(CBr)cn2)c(=O)n1. The zero-order valence-corrected chi connectivity index (χ0v) is 9.75.